The Bertz CT molecular complexity index is 181. The molecule has 0 bridgehead atoms. The van der Waals surface area contributed by atoms with Crippen molar-refractivity contribution in [3.05, 3.63) is 0 Å². The summed E-state index contributed by atoms with van der Waals surface area (Å²) in [6.45, 7) is 2.00. The monoisotopic (exact) mass is 210 g/mol. The number of hydrogen-bond donors (Lipinski definition) is 1. The molecule has 0 aliphatic carbocycles. The van der Waals surface area contributed by atoms with Crippen LogP contribution in [0.1, 0.15) is 0 Å². The van der Waals surface area contributed by atoms with E-state index in [0.717, 1.165) is 6.54 Å². The molecule has 1 N–H and O–H groups in total. The molecular formula is C8H13ClF2N2. The van der Waals surface area contributed by atoms with E-state index in [1.165, 1.54) is 0 Å². The maximum atomic E-state index is 12.3. The van der Waals surface area contributed by atoms with Crippen molar-refractivity contribution in [1.82, 2.24) is 10.2 Å². The number of nitrogens with zero attached hydrogens (tertiary/aromatic N) is 1. The molecule has 0 aromatic carbocycles. The average molecular weight is 211 g/mol. The van der Waals surface area contributed by atoms with Crippen LogP contribution in [-0.4, -0.2) is 43.5 Å². The third kappa shape index (κ3) is 3.47. The van der Waals surface area contributed by atoms with Crippen LogP contribution in [0.5, 0.6) is 0 Å². The van der Waals surface area contributed by atoms with E-state index in [-0.39, 0.29) is 12.4 Å². The lowest BCUT2D eigenvalue weighted by Gasteiger charge is -2.34. The molecule has 76 valence electrons. The van der Waals surface area contributed by atoms with Crippen molar-refractivity contribution in [2.24, 2.45) is 0 Å². The molecule has 0 saturated carbocycles. The van der Waals surface area contributed by atoms with E-state index in [4.69, 9.17) is 6.42 Å². The van der Waals surface area contributed by atoms with Crippen LogP contribution in [0.25, 0.3) is 0 Å². The minimum Gasteiger partial charge on any atom is -0.314 e. The zero-order chi connectivity index (χ0) is 8.97. The second kappa shape index (κ2) is 6.14. The van der Waals surface area contributed by atoms with Gasteiger partial charge in [0.25, 0.3) is 6.43 Å². The van der Waals surface area contributed by atoms with Crippen molar-refractivity contribution in [3.8, 4) is 12.3 Å². The van der Waals surface area contributed by atoms with Gasteiger partial charge in [-0.15, -0.1) is 18.8 Å². The van der Waals surface area contributed by atoms with Gasteiger partial charge in [-0.1, -0.05) is 5.92 Å². The first-order chi connectivity index (χ1) is 5.75. The molecule has 0 aromatic heterocycles. The van der Waals surface area contributed by atoms with Gasteiger partial charge in [0.2, 0.25) is 0 Å². The van der Waals surface area contributed by atoms with Crippen molar-refractivity contribution in [2.45, 2.75) is 12.5 Å². The number of piperazine rings is 1. The van der Waals surface area contributed by atoms with Gasteiger partial charge in [-0.25, -0.2) is 8.78 Å². The van der Waals surface area contributed by atoms with E-state index in [0.29, 0.717) is 19.6 Å². The fourth-order valence-corrected chi connectivity index (χ4v) is 1.33. The molecule has 0 amide bonds. The highest BCUT2D eigenvalue weighted by atomic mass is 35.5. The van der Waals surface area contributed by atoms with Crippen LogP contribution in [0.2, 0.25) is 0 Å². The lowest BCUT2D eigenvalue weighted by Crippen LogP contribution is -2.54. The van der Waals surface area contributed by atoms with Crippen molar-refractivity contribution in [2.75, 3.05) is 26.2 Å². The number of terminal acetylenes is 1. The second-order valence-corrected chi connectivity index (χ2v) is 2.78. The Kier molecular flexibility index (Phi) is 5.97. The predicted molar refractivity (Wildman–Crippen MR) is 50.3 cm³/mol. The van der Waals surface area contributed by atoms with Gasteiger partial charge in [-0.3, -0.25) is 4.90 Å². The largest absolute Gasteiger partial charge is 0.314 e. The topological polar surface area (TPSA) is 15.3 Å². The molecule has 1 atom stereocenters. The molecule has 13 heavy (non-hydrogen) atoms. The minimum absolute atomic E-state index is 0. The Morgan fingerprint density at radius 1 is 1.62 bits per heavy atom. The molecule has 0 spiro atoms. The number of alkyl halides is 2. The Labute approximate surface area is 83.1 Å². The highest BCUT2D eigenvalue weighted by Gasteiger charge is 2.28. The van der Waals surface area contributed by atoms with Crippen LogP contribution in [0.15, 0.2) is 0 Å². The fraction of sp³-hybridized carbons (Fsp3) is 0.750. The third-order valence-electron chi connectivity index (χ3n) is 1.98. The lowest BCUT2D eigenvalue weighted by molar-refractivity contribution is 0.0194. The van der Waals surface area contributed by atoms with Crippen molar-refractivity contribution >= 4 is 12.4 Å². The van der Waals surface area contributed by atoms with Gasteiger partial charge >= 0.3 is 0 Å². The Hall–Kier alpha value is -0.370. The highest BCUT2D eigenvalue weighted by Crippen LogP contribution is 2.10. The molecule has 5 heteroatoms. The maximum absolute atomic E-state index is 12.3. The average Bonchev–Trinajstić information content (AvgIpc) is 2.05. The zero-order valence-electron chi connectivity index (χ0n) is 7.17. The zero-order valence-corrected chi connectivity index (χ0v) is 7.99. The smallest absolute Gasteiger partial charge is 0.255 e. The van der Waals surface area contributed by atoms with Gasteiger partial charge in [0, 0.05) is 19.6 Å². The molecular weight excluding hydrogens is 198 g/mol. The highest BCUT2D eigenvalue weighted by molar-refractivity contribution is 5.85. The Balaban J connectivity index is 0.00000144. The summed E-state index contributed by atoms with van der Waals surface area (Å²) in [4.78, 5) is 1.64. The first-order valence-corrected chi connectivity index (χ1v) is 3.92. The third-order valence-corrected chi connectivity index (χ3v) is 1.98. The van der Waals surface area contributed by atoms with E-state index >= 15 is 0 Å². The number of hydrogen-bond acceptors (Lipinski definition) is 2. The van der Waals surface area contributed by atoms with Gasteiger partial charge in [-0.05, 0) is 0 Å². The van der Waals surface area contributed by atoms with E-state index < -0.39 is 12.5 Å². The van der Waals surface area contributed by atoms with E-state index in [1.807, 2.05) is 0 Å². The summed E-state index contributed by atoms with van der Waals surface area (Å²) in [5.74, 6) is 2.39. The van der Waals surface area contributed by atoms with Gasteiger partial charge < -0.3 is 5.32 Å². The fourth-order valence-electron chi connectivity index (χ4n) is 1.33. The number of halogens is 3. The first-order valence-electron chi connectivity index (χ1n) is 3.92. The van der Waals surface area contributed by atoms with E-state index in [1.54, 1.807) is 4.90 Å². The Morgan fingerprint density at radius 3 is 2.85 bits per heavy atom. The summed E-state index contributed by atoms with van der Waals surface area (Å²) in [5.41, 5.74) is 0. The summed E-state index contributed by atoms with van der Waals surface area (Å²) in [5, 5.41) is 2.91. The van der Waals surface area contributed by atoms with Crippen LogP contribution in [0, 0.1) is 12.3 Å². The lowest BCUT2D eigenvalue weighted by atomic mass is 10.2. The molecule has 1 unspecified atom stereocenters. The summed E-state index contributed by atoms with van der Waals surface area (Å²) < 4.78 is 24.7. The molecule has 1 aliphatic rings. The summed E-state index contributed by atoms with van der Waals surface area (Å²) >= 11 is 0. The van der Waals surface area contributed by atoms with E-state index in [2.05, 4.69) is 11.2 Å². The van der Waals surface area contributed by atoms with Gasteiger partial charge in [0.05, 0.1) is 12.6 Å². The molecule has 1 fully saturated rings. The van der Waals surface area contributed by atoms with E-state index in [9.17, 15) is 8.78 Å². The van der Waals surface area contributed by atoms with Crippen LogP contribution in [0.4, 0.5) is 8.78 Å². The molecule has 1 aliphatic heterocycles. The summed E-state index contributed by atoms with van der Waals surface area (Å²) in [6, 6.07) is -0.713. The Morgan fingerprint density at radius 2 is 2.31 bits per heavy atom. The predicted octanol–water partition coefficient (Wildman–Crippen LogP) is 0.580. The molecule has 1 heterocycles. The van der Waals surface area contributed by atoms with Crippen LogP contribution >= 0.6 is 12.4 Å². The van der Waals surface area contributed by atoms with Crippen LogP contribution in [-0.2, 0) is 0 Å². The number of rotatable bonds is 2. The second-order valence-electron chi connectivity index (χ2n) is 2.78. The van der Waals surface area contributed by atoms with Crippen LogP contribution in [0.3, 0.4) is 0 Å². The first kappa shape index (κ1) is 12.6. The molecule has 0 aromatic rings. The molecule has 2 nitrogen and oxygen atoms in total. The molecule has 0 radical (unpaired) electrons. The molecule has 1 rings (SSSR count). The van der Waals surface area contributed by atoms with Gasteiger partial charge in [0.15, 0.2) is 0 Å². The molecule has 1 saturated heterocycles. The normalized spacial score (nSPS) is 23.7. The summed E-state index contributed by atoms with van der Waals surface area (Å²) in [7, 11) is 0. The van der Waals surface area contributed by atoms with Crippen molar-refractivity contribution < 1.29 is 8.78 Å². The van der Waals surface area contributed by atoms with Crippen molar-refractivity contribution in [1.29, 1.82) is 0 Å². The van der Waals surface area contributed by atoms with Crippen LogP contribution < -0.4 is 5.32 Å². The number of nitrogens with one attached hydrogen (secondary N) is 1. The SMILES string of the molecule is C#CCN1CCNCC1C(F)F.Cl. The minimum atomic E-state index is -2.31. The maximum Gasteiger partial charge on any atom is 0.255 e. The standard InChI is InChI=1S/C8H12F2N2.ClH/c1-2-4-12-5-3-11-6-7(12)8(9)10;/h1,7-8,11H,3-6H2;1H. The quantitative estimate of drug-likeness (QED) is 0.671. The van der Waals surface area contributed by atoms with Crippen molar-refractivity contribution in [3.63, 3.8) is 0 Å². The van der Waals surface area contributed by atoms with Gasteiger partial charge in [0.1, 0.15) is 0 Å². The van der Waals surface area contributed by atoms with Gasteiger partial charge in [-0.2, -0.15) is 0 Å². The summed E-state index contributed by atoms with van der Waals surface area (Å²) in [6.07, 6.45) is 2.75.